The first-order chi connectivity index (χ1) is 7.50. The second-order valence-electron chi connectivity index (χ2n) is 3.89. The molecule has 2 rings (SSSR count). The molecule has 5 heteroatoms. The third kappa shape index (κ3) is 1.55. The van der Waals surface area contributed by atoms with Crippen molar-refractivity contribution in [3.63, 3.8) is 0 Å². The van der Waals surface area contributed by atoms with Crippen molar-refractivity contribution in [1.29, 1.82) is 0 Å². The van der Waals surface area contributed by atoms with E-state index in [0.29, 0.717) is 10.9 Å². The van der Waals surface area contributed by atoms with Gasteiger partial charge in [-0.25, -0.2) is 9.36 Å². The number of nitrogens with one attached hydrogen (secondary N) is 1. The first-order valence-corrected chi connectivity index (χ1v) is 5.01. The fourth-order valence-corrected chi connectivity index (χ4v) is 1.72. The Labute approximate surface area is 91.5 Å². The van der Waals surface area contributed by atoms with E-state index in [1.165, 1.54) is 0 Å². The molecule has 3 N–H and O–H groups in total. The van der Waals surface area contributed by atoms with Gasteiger partial charge in [0.05, 0.1) is 17.1 Å². The molecule has 0 spiro atoms. The Bertz CT molecular complexity index is 652. The average molecular weight is 219 g/mol. The van der Waals surface area contributed by atoms with E-state index >= 15 is 0 Å². The maximum atomic E-state index is 12.0. The number of aromatic nitrogens is 2. The van der Waals surface area contributed by atoms with Crippen molar-refractivity contribution in [3.8, 4) is 0 Å². The zero-order valence-corrected chi connectivity index (χ0v) is 9.15. The predicted octanol–water partition coefficient (Wildman–Crippen LogP) is 0.475. The van der Waals surface area contributed by atoms with Gasteiger partial charge in [-0.15, -0.1) is 0 Å². The third-order valence-electron chi connectivity index (χ3n) is 2.49. The van der Waals surface area contributed by atoms with Crippen LogP contribution >= 0.6 is 0 Å². The van der Waals surface area contributed by atoms with Crippen molar-refractivity contribution < 1.29 is 0 Å². The van der Waals surface area contributed by atoms with Gasteiger partial charge in [-0.05, 0) is 31.5 Å². The molecule has 0 radical (unpaired) electrons. The Balaban J connectivity index is 2.95. The van der Waals surface area contributed by atoms with Crippen LogP contribution in [-0.4, -0.2) is 9.55 Å². The van der Waals surface area contributed by atoms with Crippen LogP contribution in [0.25, 0.3) is 10.9 Å². The van der Waals surface area contributed by atoms with Crippen LogP contribution in [0.1, 0.15) is 18.7 Å². The van der Waals surface area contributed by atoms with Gasteiger partial charge in [0.15, 0.2) is 0 Å². The Kier molecular flexibility index (Phi) is 2.40. The molecule has 1 unspecified atom stereocenters. The van der Waals surface area contributed by atoms with Crippen LogP contribution in [0.4, 0.5) is 0 Å². The fourth-order valence-electron chi connectivity index (χ4n) is 1.72. The van der Waals surface area contributed by atoms with Crippen LogP contribution < -0.4 is 17.0 Å². The molecule has 1 aromatic carbocycles. The first kappa shape index (κ1) is 10.6. The molecule has 16 heavy (non-hydrogen) atoms. The van der Waals surface area contributed by atoms with Gasteiger partial charge in [0.25, 0.3) is 5.56 Å². The van der Waals surface area contributed by atoms with E-state index in [9.17, 15) is 9.59 Å². The van der Waals surface area contributed by atoms with Crippen molar-refractivity contribution in [2.24, 2.45) is 5.73 Å². The summed E-state index contributed by atoms with van der Waals surface area (Å²) in [4.78, 5) is 26.2. The van der Waals surface area contributed by atoms with Crippen molar-refractivity contribution in [2.45, 2.75) is 20.0 Å². The summed E-state index contributed by atoms with van der Waals surface area (Å²) in [5.41, 5.74) is 6.29. The largest absolute Gasteiger partial charge is 0.330 e. The van der Waals surface area contributed by atoms with E-state index in [1.54, 1.807) is 19.1 Å². The lowest BCUT2D eigenvalue weighted by molar-refractivity contribution is 0.528. The second-order valence-corrected chi connectivity index (χ2v) is 3.89. The van der Waals surface area contributed by atoms with E-state index < -0.39 is 11.9 Å². The van der Waals surface area contributed by atoms with E-state index in [4.69, 9.17) is 5.73 Å². The van der Waals surface area contributed by atoms with E-state index in [-0.39, 0.29) is 5.56 Å². The lowest BCUT2D eigenvalue weighted by Crippen LogP contribution is -2.40. The zero-order valence-electron chi connectivity index (χ0n) is 9.15. The molecule has 1 aromatic heterocycles. The van der Waals surface area contributed by atoms with Gasteiger partial charge in [-0.1, -0.05) is 6.07 Å². The molecule has 5 nitrogen and oxygen atoms in total. The topological polar surface area (TPSA) is 80.9 Å². The average Bonchev–Trinajstić information content (AvgIpc) is 2.15. The normalized spacial score (nSPS) is 12.9. The minimum atomic E-state index is -0.637. The second kappa shape index (κ2) is 3.61. The van der Waals surface area contributed by atoms with E-state index in [1.807, 2.05) is 13.0 Å². The number of fused-ring (bicyclic) bond motifs is 1. The number of benzene rings is 1. The van der Waals surface area contributed by atoms with Gasteiger partial charge in [-0.2, -0.15) is 0 Å². The van der Waals surface area contributed by atoms with Gasteiger partial charge < -0.3 is 10.7 Å². The molecule has 0 saturated heterocycles. The molecule has 0 aliphatic carbocycles. The van der Waals surface area contributed by atoms with Crippen LogP contribution in [0.2, 0.25) is 0 Å². The molecule has 1 heterocycles. The first-order valence-electron chi connectivity index (χ1n) is 5.01. The highest BCUT2D eigenvalue weighted by Crippen LogP contribution is 2.08. The number of nitrogens with zero attached hydrogens (tertiary/aromatic N) is 1. The van der Waals surface area contributed by atoms with Crippen LogP contribution in [0, 0.1) is 6.92 Å². The van der Waals surface area contributed by atoms with Gasteiger partial charge in [0.2, 0.25) is 0 Å². The Hall–Kier alpha value is -1.88. The minimum Gasteiger partial charge on any atom is -0.311 e. The minimum absolute atomic E-state index is 0.353. The Morgan fingerprint density at radius 1 is 1.38 bits per heavy atom. The Morgan fingerprint density at radius 2 is 2.06 bits per heavy atom. The summed E-state index contributed by atoms with van der Waals surface area (Å²) in [6, 6.07) is 5.29. The van der Waals surface area contributed by atoms with Crippen LogP contribution in [-0.2, 0) is 0 Å². The van der Waals surface area contributed by atoms with Crippen molar-refractivity contribution in [3.05, 3.63) is 44.6 Å². The number of nitrogens with two attached hydrogens (primary N) is 1. The molecular weight excluding hydrogens is 206 g/mol. The fraction of sp³-hybridized carbons (Fsp3) is 0.273. The number of aryl methyl sites for hydroxylation is 1. The molecule has 0 aliphatic rings. The summed E-state index contributed by atoms with van der Waals surface area (Å²) in [5, 5.41) is 0.475. The summed E-state index contributed by atoms with van der Waals surface area (Å²) >= 11 is 0. The maximum absolute atomic E-state index is 12.0. The van der Waals surface area contributed by atoms with Crippen molar-refractivity contribution >= 4 is 10.9 Å². The molecule has 84 valence electrons. The molecule has 0 aliphatic heterocycles. The van der Waals surface area contributed by atoms with Gasteiger partial charge in [0.1, 0.15) is 0 Å². The number of rotatable bonds is 1. The SMILES string of the molecule is Cc1ccc2c(=O)n(C(C)N)c(=O)[nH]c2c1. The van der Waals surface area contributed by atoms with Crippen LogP contribution in [0.3, 0.4) is 0 Å². The van der Waals surface area contributed by atoms with E-state index in [2.05, 4.69) is 4.98 Å². The monoisotopic (exact) mass is 219 g/mol. The lowest BCUT2D eigenvalue weighted by atomic mass is 10.2. The summed E-state index contributed by atoms with van der Waals surface area (Å²) in [6.07, 6.45) is -0.637. The molecular formula is C11H13N3O2. The van der Waals surface area contributed by atoms with Gasteiger partial charge in [0, 0.05) is 0 Å². The maximum Gasteiger partial charge on any atom is 0.330 e. The lowest BCUT2D eigenvalue weighted by Gasteiger charge is -2.09. The number of hydrogen-bond acceptors (Lipinski definition) is 3. The highest BCUT2D eigenvalue weighted by atomic mass is 16.2. The summed E-state index contributed by atoms with van der Waals surface area (Å²) < 4.78 is 1.01. The predicted molar refractivity (Wildman–Crippen MR) is 62.5 cm³/mol. The molecule has 0 fully saturated rings. The smallest absolute Gasteiger partial charge is 0.311 e. The summed E-state index contributed by atoms with van der Waals surface area (Å²) in [6.45, 7) is 3.49. The highest BCUT2D eigenvalue weighted by Gasteiger charge is 2.09. The molecule has 1 atom stereocenters. The van der Waals surface area contributed by atoms with Crippen molar-refractivity contribution in [1.82, 2.24) is 9.55 Å². The molecule has 0 amide bonds. The van der Waals surface area contributed by atoms with E-state index in [0.717, 1.165) is 10.1 Å². The van der Waals surface area contributed by atoms with Crippen LogP contribution in [0.5, 0.6) is 0 Å². The quantitative estimate of drug-likeness (QED) is 0.731. The van der Waals surface area contributed by atoms with Gasteiger partial charge in [-0.3, -0.25) is 4.79 Å². The Morgan fingerprint density at radius 3 is 2.69 bits per heavy atom. The van der Waals surface area contributed by atoms with Gasteiger partial charge >= 0.3 is 5.69 Å². The number of hydrogen-bond donors (Lipinski definition) is 2. The number of H-pyrrole nitrogens is 1. The molecule has 0 saturated carbocycles. The highest BCUT2D eigenvalue weighted by molar-refractivity contribution is 5.77. The standard InChI is InChI=1S/C11H13N3O2/c1-6-3-4-8-9(5-6)13-11(16)14(7(2)12)10(8)15/h3-5,7H,12H2,1-2H3,(H,13,16). The summed E-state index contributed by atoms with van der Waals surface area (Å²) in [5.74, 6) is 0. The third-order valence-corrected chi connectivity index (χ3v) is 2.49. The molecule has 0 bridgehead atoms. The number of aromatic amines is 1. The van der Waals surface area contributed by atoms with Crippen LogP contribution in [0.15, 0.2) is 27.8 Å². The molecule has 2 aromatic rings. The zero-order chi connectivity index (χ0) is 11.9. The van der Waals surface area contributed by atoms with Crippen molar-refractivity contribution in [2.75, 3.05) is 0 Å². The summed E-state index contributed by atoms with van der Waals surface area (Å²) in [7, 11) is 0.